The van der Waals surface area contributed by atoms with Crippen molar-refractivity contribution in [2.75, 3.05) is 17.7 Å². The Morgan fingerprint density at radius 3 is 2.63 bits per heavy atom. The lowest BCUT2D eigenvalue weighted by atomic mass is 10.0. The molecule has 1 aliphatic rings. The standard InChI is InChI=1S/C20H16ClN3O2S/c1-26-20(25)13-4-8-15(9-5-13)24-18-17-16(10-27-19(17)23-11-22-18)12-2-6-14(21)7-3-12/h2-11,18,24H,1H3,(H,22,23)/t18-/m1/s1. The zero-order valence-electron chi connectivity index (χ0n) is 14.4. The Morgan fingerprint density at radius 1 is 1.19 bits per heavy atom. The minimum atomic E-state index is -0.355. The molecule has 0 saturated heterocycles. The van der Waals surface area contributed by atoms with Crippen LogP contribution in [0.25, 0.3) is 11.1 Å². The minimum Gasteiger partial charge on any atom is -0.465 e. The lowest BCUT2D eigenvalue weighted by Gasteiger charge is -2.22. The smallest absolute Gasteiger partial charge is 0.337 e. The fraction of sp³-hybridized carbons (Fsp3) is 0.100. The first-order valence-corrected chi connectivity index (χ1v) is 9.52. The lowest BCUT2D eigenvalue weighted by Crippen LogP contribution is -2.16. The first-order chi connectivity index (χ1) is 13.2. The summed E-state index contributed by atoms with van der Waals surface area (Å²) in [6.45, 7) is 0. The number of nitrogens with one attached hydrogen (secondary N) is 2. The number of hydrogen-bond acceptors (Lipinski definition) is 6. The fourth-order valence-electron chi connectivity index (χ4n) is 2.94. The number of nitrogens with zero attached hydrogens (tertiary/aromatic N) is 1. The van der Waals surface area contributed by atoms with Gasteiger partial charge in [0, 0.05) is 27.2 Å². The topological polar surface area (TPSA) is 62.7 Å². The van der Waals surface area contributed by atoms with Gasteiger partial charge in [-0.1, -0.05) is 23.7 Å². The Hall–Kier alpha value is -2.83. The molecule has 0 spiro atoms. The second-order valence-electron chi connectivity index (χ2n) is 5.94. The molecular formula is C20H16ClN3O2S. The van der Waals surface area contributed by atoms with Crippen molar-refractivity contribution >= 4 is 45.9 Å². The summed E-state index contributed by atoms with van der Waals surface area (Å²) in [4.78, 5) is 16.1. The molecule has 4 rings (SSSR count). The van der Waals surface area contributed by atoms with Crippen LogP contribution in [-0.4, -0.2) is 19.4 Å². The van der Waals surface area contributed by atoms with Gasteiger partial charge in [-0.3, -0.25) is 0 Å². The minimum absolute atomic E-state index is 0.234. The average Bonchev–Trinajstić information content (AvgIpc) is 3.14. The van der Waals surface area contributed by atoms with Crippen molar-refractivity contribution in [3.05, 3.63) is 70.1 Å². The summed E-state index contributed by atoms with van der Waals surface area (Å²) in [5.74, 6) is -0.355. The number of hydrogen-bond donors (Lipinski definition) is 2. The quantitative estimate of drug-likeness (QED) is 0.577. The third-order valence-corrected chi connectivity index (χ3v) is 5.47. The third-order valence-electron chi connectivity index (χ3n) is 4.29. The largest absolute Gasteiger partial charge is 0.465 e. The number of halogens is 1. The van der Waals surface area contributed by atoms with E-state index < -0.39 is 0 Å². The molecule has 7 heteroatoms. The van der Waals surface area contributed by atoms with Crippen LogP contribution in [-0.2, 0) is 4.74 Å². The number of carbonyl (C=O) groups is 1. The van der Waals surface area contributed by atoms with E-state index in [0.717, 1.165) is 27.4 Å². The first kappa shape index (κ1) is 17.6. The van der Waals surface area contributed by atoms with Crippen LogP contribution in [0.1, 0.15) is 22.1 Å². The summed E-state index contributed by atoms with van der Waals surface area (Å²) in [6.07, 6.45) is 1.47. The highest BCUT2D eigenvalue weighted by Gasteiger charge is 2.24. The van der Waals surface area contributed by atoms with Gasteiger partial charge in [0.05, 0.1) is 19.0 Å². The fourth-order valence-corrected chi connectivity index (χ4v) is 4.03. The van der Waals surface area contributed by atoms with Gasteiger partial charge in [0.15, 0.2) is 0 Å². The molecule has 0 aliphatic carbocycles. The molecule has 2 aromatic carbocycles. The van der Waals surface area contributed by atoms with Crippen molar-refractivity contribution in [3.63, 3.8) is 0 Å². The van der Waals surface area contributed by atoms with Crippen LogP contribution in [0.3, 0.4) is 0 Å². The zero-order valence-corrected chi connectivity index (χ0v) is 16.0. The number of benzene rings is 2. The zero-order chi connectivity index (χ0) is 18.8. The Balaban J connectivity index is 1.63. The van der Waals surface area contributed by atoms with Crippen molar-refractivity contribution in [2.45, 2.75) is 6.17 Å². The van der Waals surface area contributed by atoms with Crippen molar-refractivity contribution in [3.8, 4) is 11.1 Å². The SMILES string of the molecule is COC(=O)c1ccc(N[C@H]2N=CNc3scc(-c4ccc(Cl)cc4)c32)cc1. The van der Waals surface area contributed by atoms with Gasteiger partial charge in [0.2, 0.25) is 0 Å². The molecule has 0 amide bonds. The molecule has 1 atom stereocenters. The maximum Gasteiger partial charge on any atom is 0.337 e. The van der Waals surface area contributed by atoms with Crippen LogP contribution in [0.2, 0.25) is 5.02 Å². The van der Waals surface area contributed by atoms with Gasteiger partial charge in [-0.15, -0.1) is 11.3 Å². The molecule has 0 fully saturated rings. The van der Waals surface area contributed by atoms with E-state index in [4.69, 9.17) is 16.3 Å². The number of methoxy groups -OCH3 is 1. The maximum atomic E-state index is 11.6. The molecule has 5 nitrogen and oxygen atoms in total. The molecule has 136 valence electrons. The number of thiophene rings is 1. The first-order valence-electron chi connectivity index (χ1n) is 8.26. The van der Waals surface area contributed by atoms with Crippen molar-refractivity contribution < 1.29 is 9.53 Å². The molecule has 2 N–H and O–H groups in total. The van der Waals surface area contributed by atoms with Crippen molar-refractivity contribution in [2.24, 2.45) is 4.99 Å². The van der Waals surface area contributed by atoms with Crippen LogP contribution in [0.4, 0.5) is 10.7 Å². The molecule has 2 heterocycles. The van der Waals surface area contributed by atoms with E-state index in [9.17, 15) is 4.79 Å². The van der Waals surface area contributed by atoms with Crippen LogP contribution in [0.15, 0.2) is 58.9 Å². The highest BCUT2D eigenvalue weighted by molar-refractivity contribution is 7.15. The van der Waals surface area contributed by atoms with E-state index in [1.165, 1.54) is 7.11 Å². The number of esters is 1. The number of anilines is 2. The van der Waals surface area contributed by atoms with Gasteiger partial charge in [-0.2, -0.15) is 0 Å². The van der Waals surface area contributed by atoms with Crippen LogP contribution in [0, 0.1) is 0 Å². The van der Waals surface area contributed by atoms with Gasteiger partial charge in [0.1, 0.15) is 11.2 Å². The van der Waals surface area contributed by atoms with E-state index in [1.54, 1.807) is 29.8 Å². The van der Waals surface area contributed by atoms with Crippen LogP contribution < -0.4 is 10.6 Å². The number of carbonyl (C=O) groups excluding carboxylic acids is 1. The summed E-state index contributed by atoms with van der Waals surface area (Å²) in [5.41, 5.74) is 4.66. The second-order valence-corrected chi connectivity index (χ2v) is 7.25. The maximum absolute atomic E-state index is 11.6. The number of rotatable bonds is 4. The van der Waals surface area contributed by atoms with Gasteiger partial charge in [-0.25, -0.2) is 9.79 Å². The molecule has 27 heavy (non-hydrogen) atoms. The molecule has 1 aliphatic heterocycles. The normalized spacial score (nSPS) is 15.0. The van der Waals surface area contributed by atoms with Crippen LogP contribution >= 0.6 is 22.9 Å². The van der Waals surface area contributed by atoms with Gasteiger partial charge < -0.3 is 15.4 Å². The summed E-state index contributed by atoms with van der Waals surface area (Å²) in [6, 6.07) is 14.9. The predicted molar refractivity (Wildman–Crippen MR) is 111 cm³/mol. The monoisotopic (exact) mass is 397 g/mol. The third kappa shape index (κ3) is 3.54. The Morgan fingerprint density at radius 2 is 1.93 bits per heavy atom. The highest BCUT2D eigenvalue weighted by atomic mass is 35.5. The number of aliphatic imine (C=N–C) groups is 1. The summed E-state index contributed by atoms with van der Waals surface area (Å²) in [5, 5.41) is 10.5. The summed E-state index contributed by atoms with van der Waals surface area (Å²) < 4.78 is 4.74. The predicted octanol–water partition coefficient (Wildman–Crippen LogP) is 5.42. The van der Waals surface area contributed by atoms with E-state index in [-0.39, 0.29) is 12.1 Å². The number of ether oxygens (including phenoxy) is 1. The Kier molecular flexibility index (Phi) is 4.83. The average molecular weight is 398 g/mol. The van der Waals surface area contributed by atoms with Gasteiger partial charge >= 0.3 is 5.97 Å². The van der Waals surface area contributed by atoms with Crippen molar-refractivity contribution in [1.82, 2.24) is 0 Å². The Labute approximate surface area is 165 Å². The number of fused-ring (bicyclic) bond motifs is 1. The van der Waals surface area contributed by atoms with E-state index in [2.05, 4.69) is 21.0 Å². The lowest BCUT2D eigenvalue weighted by molar-refractivity contribution is 0.0601. The van der Waals surface area contributed by atoms with E-state index >= 15 is 0 Å². The molecule has 3 aromatic rings. The molecule has 1 aromatic heterocycles. The second kappa shape index (κ2) is 7.42. The van der Waals surface area contributed by atoms with Crippen molar-refractivity contribution in [1.29, 1.82) is 0 Å². The van der Waals surface area contributed by atoms with Gasteiger partial charge in [-0.05, 0) is 42.0 Å². The molecule has 0 unspecified atom stereocenters. The van der Waals surface area contributed by atoms with Crippen LogP contribution in [0.5, 0.6) is 0 Å². The van der Waals surface area contributed by atoms with Gasteiger partial charge in [0.25, 0.3) is 0 Å². The van der Waals surface area contributed by atoms with E-state index in [0.29, 0.717) is 10.6 Å². The summed E-state index contributed by atoms with van der Waals surface area (Å²) in [7, 11) is 1.37. The molecular weight excluding hydrogens is 382 g/mol. The molecule has 0 radical (unpaired) electrons. The molecule has 0 bridgehead atoms. The van der Waals surface area contributed by atoms with E-state index in [1.807, 2.05) is 36.4 Å². The Bertz CT molecular complexity index is 997. The molecule has 0 saturated carbocycles. The highest BCUT2D eigenvalue weighted by Crippen LogP contribution is 2.42. The summed E-state index contributed by atoms with van der Waals surface area (Å²) >= 11 is 7.66.